The molecule has 2 N–H and O–H groups in total. The van der Waals surface area contributed by atoms with Gasteiger partial charge < -0.3 is 19.7 Å². The molecule has 1 heterocycles. The number of rotatable bonds is 18. The Morgan fingerprint density at radius 2 is 1.34 bits per heavy atom. The van der Waals surface area contributed by atoms with Gasteiger partial charge in [-0.3, -0.25) is 4.79 Å². The maximum atomic E-state index is 11.2. The third kappa shape index (κ3) is 23.5. The van der Waals surface area contributed by atoms with Gasteiger partial charge in [0.2, 0.25) is 0 Å². The van der Waals surface area contributed by atoms with Crippen molar-refractivity contribution in [3.63, 3.8) is 0 Å². The lowest BCUT2D eigenvalue weighted by atomic mass is 10.0. The van der Waals surface area contributed by atoms with Gasteiger partial charge in [0.25, 0.3) is 0 Å². The zero-order chi connectivity index (χ0) is 21.4. The molecule has 0 saturated carbocycles. The Bertz CT molecular complexity index is 329. The Kier molecular flexibility index (Phi) is 23.1. The number of esters is 1. The van der Waals surface area contributed by atoms with E-state index < -0.39 is 0 Å². The number of hydrogen-bond donors (Lipinski definition) is 2. The maximum absolute atomic E-state index is 11.2. The van der Waals surface area contributed by atoms with E-state index in [1.165, 1.54) is 83.5 Å². The summed E-state index contributed by atoms with van der Waals surface area (Å²) in [5.74, 6) is -0.172. The van der Waals surface area contributed by atoms with Gasteiger partial charge in [-0.15, -0.1) is 0 Å². The van der Waals surface area contributed by atoms with Crippen LogP contribution in [0.3, 0.4) is 0 Å². The summed E-state index contributed by atoms with van der Waals surface area (Å²) in [4.78, 5) is 11.2. The largest absolute Gasteiger partial charge is 0.463 e. The Morgan fingerprint density at radius 3 is 1.69 bits per heavy atom. The molecular formula is C24H48O5. The lowest BCUT2D eigenvalue weighted by Crippen LogP contribution is -2.07. The van der Waals surface area contributed by atoms with Crippen LogP contribution >= 0.6 is 0 Å². The third-order valence-electron chi connectivity index (χ3n) is 5.24. The first kappa shape index (κ1) is 28.4. The highest BCUT2D eigenvalue weighted by Gasteiger charge is 2.09. The molecule has 5 nitrogen and oxygen atoms in total. The Balaban J connectivity index is 0.00000110. The number of carbonyl (C=O) groups is 1. The molecule has 0 aromatic rings. The number of hydrogen-bond acceptors (Lipinski definition) is 5. The second-order valence-electron chi connectivity index (χ2n) is 8.16. The molecule has 1 unspecified atom stereocenters. The first-order valence-corrected chi connectivity index (χ1v) is 12.2. The first-order chi connectivity index (χ1) is 14.2. The monoisotopic (exact) mass is 416 g/mol. The van der Waals surface area contributed by atoms with Crippen molar-refractivity contribution in [1.82, 2.24) is 0 Å². The van der Waals surface area contributed by atoms with Crippen LogP contribution in [0.4, 0.5) is 0 Å². The predicted octanol–water partition coefficient (Wildman–Crippen LogP) is 5.55. The van der Waals surface area contributed by atoms with Crippen LogP contribution in [-0.2, 0) is 14.3 Å². The molecule has 0 aromatic carbocycles. The zero-order valence-corrected chi connectivity index (χ0v) is 19.0. The lowest BCUT2D eigenvalue weighted by molar-refractivity contribution is -0.144. The third-order valence-corrected chi connectivity index (χ3v) is 5.24. The van der Waals surface area contributed by atoms with Gasteiger partial charge in [0, 0.05) is 13.0 Å². The molecule has 0 radical (unpaired) electrons. The first-order valence-electron chi connectivity index (χ1n) is 12.2. The summed E-state index contributed by atoms with van der Waals surface area (Å²) in [5, 5.41) is 17.1. The highest BCUT2D eigenvalue weighted by molar-refractivity contribution is 5.69. The molecule has 1 atom stereocenters. The van der Waals surface area contributed by atoms with Crippen LogP contribution in [0.15, 0.2) is 0 Å². The summed E-state index contributed by atoms with van der Waals surface area (Å²) in [7, 11) is 0. The Labute approximate surface area is 179 Å². The fraction of sp³-hybridized carbons (Fsp3) is 0.958. The summed E-state index contributed by atoms with van der Waals surface area (Å²) in [6, 6.07) is 0. The van der Waals surface area contributed by atoms with Crippen molar-refractivity contribution < 1.29 is 24.5 Å². The van der Waals surface area contributed by atoms with E-state index in [1.54, 1.807) is 0 Å². The number of unbranched alkanes of at least 4 members (excludes halogenated alkanes) is 14. The average molecular weight is 417 g/mol. The number of aliphatic hydroxyl groups is 2. The minimum absolute atomic E-state index is 0.0788. The van der Waals surface area contributed by atoms with Crippen LogP contribution in [0.5, 0.6) is 0 Å². The topological polar surface area (TPSA) is 76.0 Å². The van der Waals surface area contributed by atoms with E-state index >= 15 is 0 Å². The van der Waals surface area contributed by atoms with Crippen molar-refractivity contribution in [2.45, 2.75) is 122 Å². The lowest BCUT2D eigenvalue weighted by Gasteiger charge is -2.04. The predicted molar refractivity (Wildman–Crippen MR) is 119 cm³/mol. The molecule has 29 heavy (non-hydrogen) atoms. The number of carbonyl (C=O) groups excluding carboxylic acids is 1. The van der Waals surface area contributed by atoms with E-state index in [1.807, 2.05) is 0 Å². The van der Waals surface area contributed by atoms with Crippen molar-refractivity contribution in [1.29, 1.82) is 0 Å². The van der Waals surface area contributed by atoms with Gasteiger partial charge in [0.05, 0.1) is 19.3 Å². The SMILES string of the molecule is CCCCCCCCCCCCCCCCCC(=O)OCCO.OC1CCOC1. The summed E-state index contributed by atoms with van der Waals surface area (Å²) >= 11 is 0. The van der Waals surface area contributed by atoms with Crippen LogP contribution in [0.25, 0.3) is 0 Å². The summed E-state index contributed by atoms with van der Waals surface area (Å²) in [5.41, 5.74) is 0. The molecule has 5 heteroatoms. The molecule has 0 bridgehead atoms. The average Bonchev–Trinajstić information content (AvgIpc) is 3.20. The van der Waals surface area contributed by atoms with E-state index in [4.69, 9.17) is 19.7 Å². The maximum Gasteiger partial charge on any atom is 0.305 e. The Hall–Kier alpha value is -0.650. The van der Waals surface area contributed by atoms with Crippen LogP contribution in [0, 0.1) is 0 Å². The van der Waals surface area contributed by atoms with Crippen molar-refractivity contribution >= 4 is 5.97 Å². The van der Waals surface area contributed by atoms with E-state index in [0.717, 1.165) is 25.9 Å². The highest BCUT2D eigenvalue weighted by Crippen LogP contribution is 2.13. The minimum atomic E-state index is -0.176. The number of ether oxygens (including phenoxy) is 2. The minimum Gasteiger partial charge on any atom is -0.463 e. The molecular weight excluding hydrogens is 368 g/mol. The van der Waals surface area contributed by atoms with Crippen LogP contribution in [0.2, 0.25) is 0 Å². The fourth-order valence-corrected chi connectivity index (χ4v) is 3.39. The van der Waals surface area contributed by atoms with Gasteiger partial charge in [-0.05, 0) is 12.8 Å². The van der Waals surface area contributed by atoms with Gasteiger partial charge in [-0.25, -0.2) is 0 Å². The second kappa shape index (κ2) is 23.6. The second-order valence-corrected chi connectivity index (χ2v) is 8.16. The quantitative estimate of drug-likeness (QED) is 0.226. The van der Waals surface area contributed by atoms with E-state index in [0.29, 0.717) is 13.0 Å². The van der Waals surface area contributed by atoms with Gasteiger partial charge in [-0.2, -0.15) is 0 Å². The van der Waals surface area contributed by atoms with Crippen molar-refractivity contribution in [3.05, 3.63) is 0 Å². The molecule has 174 valence electrons. The molecule has 1 aliphatic rings. The summed E-state index contributed by atoms with van der Waals surface area (Å²) in [6.07, 6.45) is 21.1. The summed E-state index contributed by atoms with van der Waals surface area (Å²) < 4.78 is 9.63. The van der Waals surface area contributed by atoms with Gasteiger partial charge in [0.15, 0.2) is 0 Å². The molecule has 1 aliphatic heterocycles. The Morgan fingerprint density at radius 1 is 0.862 bits per heavy atom. The smallest absolute Gasteiger partial charge is 0.305 e. The molecule has 1 saturated heterocycles. The molecule has 0 spiro atoms. The molecule has 0 aliphatic carbocycles. The molecule has 1 fully saturated rings. The standard InChI is InChI=1S/C20H40O3.C4H8O2/c1-2-3-4-5-6-7-8-9-10-11-12-13-14-15-16-17-20(22)23-19-18-21;5-4-1-2-6-3-4/h21H,2-19H2,1H3;4-5H,1-3H2. The number of aliphatic hydroxyl groups excluding tert-OH is 2. The normalized spacial score (nSPS) is 15.8. The van der Waals surface area contributed by atoms with Crippen molar-refractivity contribution in [2.24, 2.45) is 0 Å². The van der Waals surface area contributed by atoms with Crippen molar-refractivity contribution in [2.75, 3.05) is 26.4 Å². The highest BCUT2D eigenvalue weighted by atomic mass is 16.5. The van der Waals surface area contributed by atoms with E-state index in [9.17, 15) is 4.79 Å². The van der Waals surface area contributed by atoms with Crippen LogP contribution in [-0.4, -0.2) is 48.7 Å². The van der Waals surface area contributed by atoms with Crippen molar-refractivity contribution in [3.8, 4) is 0 Å². The summed E-state index contributed by atoms with van der Waals surface area (Å²) in [6.45, 7) is 3.61. The molecule has 0 aromatic heterocycles. The van der Waals surface area contributed by atoms with E-state index in [2.05, 4.69) is 6.92 Å². The van der Waals surface area contributed by atoms with E-state index in [-0.39, 0.29) is 25.3 Å². The zero-order valence-electron chi connectivity index (χ0n) is 19.0. The van der Waals surface area contributed by atoms with Crippen LogP contribution < -0.4 is 0 Å². The molecule has 1 rings (SSSR count). The molecule has 0 amide bonds. The van der Waals surface area contributed by atoms with Gasteiger partial charge in [-0.1, -0.05) is 96.8 Å². The van der Waals surface area contributed by atoms with Crippen LogP contribution in [0.1, 0.15) is 116 Å². The fourth-order valence-electron chi connectivity index (χ4n) is 3.39. The van der Waals surface area contributed by atoms with Gasteiger partial charge in [0.1, 0.15) is 6.61 Å². The van der Waals surface area contributed by atoms with Gasteiger partial charge >= 0.3 is 5.97 Å².